The van der Waals surface area contributed by atoms with Gasteiger partial charge in [-0.3, -0.25) is 9.36 Å². The summed E-state index contributed by atoms with van der Waals surface area (Å²) in [6.07, 6.45) is 0. The summed E-state index contributed by atoms with van der Waals surface area (Å²) in [5.74, 6) is 0.691. The summed E-state index contributed by atoms with van der Waals surface area (Å²) in [6.45, 7) is 6.23. The third-order valence-electron chi connectivity index (χ3n) is 6.38. The van der Waals surface area contributed by atoms with E-state index in [9.17, 15) is 4.79 Å². The molecule has 0 amide bonds. The lowest BCUT2D eigenvalue weighted by atomic mass is 9.98. The summed E-state index contributed by atoms with van der Waals surface area (Å²) in [6, 6.07) is 36.6. The zero-order valence-corrected chi connectivity index (χ0v) is 20.3. The van der Waals surface area contributed by atoms with E-state index in [0.717, 1.165) is 22.5 Å². The molecule has 5 rings (SSSR count). The third kappa shape index (κ3) is 4.35. The summed E-state index contributed by atoms with van der Waals surface area (Å²) in [5.41, 5.74) is 4.84. The fraction of sp³-hybridized carbons (Fsp3) is 0.161. The molecule has 0 unspecified atom stereocenters. The fourth-order valence-corrected chi connectivity index (χ4v) is 4.85. The highest BCUT2D eigenvalue weighted by Crippen LogP contribution is 2.31. The minimum Gasteiger partial charge on any atom is -0.339 e. The molecule has 0 spiro atoms. The maximum Gasteiger partial charge on any atom is 0.262 e. The summed E-state index contributed by atoms with van der Waals surface area (Å²) in [4.78, 5) is 21.2. The average molecular weight is 460 g/mol. The maximum atomic E-state index is 14.1. The number of aromatic nitrogens is 2. The van der Waals surface area contributed by atoms with E-state index in [0.29, 0.717) is 16.7 Å². The Kier molecular flexibility index (Phi) is 6.19. The maximum absolute atomic E-state index is 14.1. The molecule has 0 N–H and O–H groups in total. The zero-order chi connectivity index (χ0) is 24.4. The summed E-state index contributed by atoms with van der Waals surface area (Å²) in [7, 11) is 0. The van der Waals surface area contributed by atoms with Gasteiger partial charge in [-0.1, -0.05) is 78.9 Å². The lowest BCUT2D eigenvalue weighted by molar-refractivity contribution is 0.619. The molecule has 4 aromatic carbocycles. The molecule has 0 aliphatic heterocycles. The van der Waals surface area contributed by atoms with Crippen LogP contribution < -0.4 is 10.5 Å². The van der Waals surface area contributed by atoms with Gasteiger partial charge in [-0.25, -0.2) is 4.98 Å². The van der Waals surface area contributed by atoms with E-state index in [1.165, 1.54) is 0 Å². The first-order valence-electron chi connectivity index (χ1n) is 12.0. The largest absolute Gasteiger partial charge is 0.339 e. The standard InChI is InChI=1S/C31H29N3O/c1-22(2)33(26-17-11-6-12-18-26)27-19-20-29-28(21-27)31(35)34(23(3)32-29)30(24-13-7-4-8-14-24)25-15-9-5-10-16-25/h4-22,30H,1-3H3. The molecule has 0 saturated heterocycles. The Morgan fingerprint density at radius 2 is 1.26 bits per heavy atom. The normalized spacial score (nSPS) is 11.3. The van der Waals surface area contributed by atoms with Crippen LogP contribution in [0.4, 0.5) is 11.4 Å². The number of nitrogens with zero attached hydrogens (tertiary/aromatic N) is 3. The first-order valence-corrected chi connectivity index (χ1v) is 12.0. The Hall–Kier alpha value is -4.18. The molecule has 5 aromatic rings. The second kappa shape index (κ2) is 9.59. The second-order valence-electron chi connectivity index (χ2n) is 9.06. The Morgan fingerprint density at radius 1 is 0.714 bits per heavy atom. The number of benzene rings is 4. The predicted molar refractivity (Wildman–Crippen MR) is 145 cm³/mol. The monoisotopic (exact) mass is 459 g/mol. The molecule has 0 bridgehead atoms. The van der Waals surface area contributed by atoms with Crippen LogP contribution in [0, 0.1) is 6.92 Å². The van der Waals surface area contributed by atoms with Crippen LogP contribution in [-0.2, 0) is 0 Å². The van der Waals surface area contributed by atoms with Crippen molar-refractivity contribution < 1.29 is 0 Å². The molecule has 1 aromatic heterocycles. The Morgan fingerprint density at radius 3 is 1.80 bits per heavy atom. The number of fused-ring (bicyclic) bond motifs is 1. The number of para-hydroxylation sites is 1. The van der Waals surface area contributed by atoms with Gasteiger partial charge in [0.25, 0.3) is 5.56 Å². The summed E-state index contributed by atoms with van der Waals surface area (Å²) >= 11 is 0. The van der Waals surface area contributed by atoms with E-state index in [4.69, 9.17) is 4.98 Å². The molecule has 0 aliphatic rings. The SMILES string of the molecule is Cc1nc2ccc(N(c3ccccc3)C(C)C)cc2c(=O)n1C(c1ccccc1)c1ccccc1. The van der Waals surface area contributed by atoms with E-state index >= 15 is 0 Å². The van der Waals surface area contributed by atoms with Crippen LogP contribution in [0.2, 0.25) is 0 Å². The lowest BCUT2D eigenvalue weighted by Gasteiger charge is -2.29. The Balaban J connectivity index is 1.73. The highest BCUT2D eigenvalue weighted by atomic mass is 16.1. The molecule has 0 fully saturated rings. The van der Waals surface area contributed by atoms with Crippen molar-refractivity contribution in [3.63, 3.8) is 0 Å². The van der Waals surface area contributed by atoms with Crippen molar-refractivity contribution in [2.75, 3.05) is 4.90 Å². The van der Waals surface area contributed by atoms with Crippen molar-refractivity contribution in [1.29, 1.82) is 0 Å². The van der Waals surface area contributed by atoms with Gasteiger partial charge in [-0.05, 0) is 62.2 Å². The Labute approximate surface area is 206 Å². The molecule has 35 heavy (non-hydrogen) atoms. The van der Waals surface area contributed by atoms with Crippen LogP contribution in [-0.4, -0.2) is 15.6 Å². The Bertz CT molecular complexity index is 1450. The highest BCUT2D eigenvalue weighted by Gasteiger charge is 2.22. The fourth-order valence-electron chi connectivity index (χ4n) is 4.85. The van der Waals surface area contributed by atoms with Crippen LogP contribution in [0.15, 0.2) is 114 Å². The van der Waals surface area contributed by atoms with E-state index in [1.54, 1.807) is 0 Å². The number of hydrogen-bond donors (Lipinski definition) is 0. The van der Waals surface area contributed by atoms with Gasteiger partial charge >= 0.3 is 0 Å². The first-order chi connectivity index (χ1) is 17.0. The van der Waals surface area contributed by atoms with Crippen LogP contribution in [0.25, 0.3) is 10.9 Å². The number of aryl methyl sites for hydroxylation is 1. The molecular formula is C31H29N3O. The molecule has 4 nitrogen and oxygen atoms in total. The van der Waals surface area contributed by atoms with Crippen molar-refractivity contribution in [2.24, 2.45) is 0 Å². The van der Waals surface area contributed by atoms with Gasteiger partial charge < -0.3 is 4.90 Å². The average Bonchev–Trinajstić information content (AvgIpc) is 2.88. The third-order valence-corrected chi connectivity index (χ3v) is 6.38. The second-order valence-corrected chi connectivity index (χ2v) is 9.06. The molecule has 1 heterocycles. The van der Waals surface area contributed by atoms with Gasteiger partial charge in [0.15, 0.2) is 0 Å². The topological polar surface area (TPSA) is 38.1 Å². The van der Waals surface area contributed by atoms with E-state index in [-0.39, 0.29) is 17.6 Å². The van der Waals surface area contributed by atoms with Crippen LogP contribution >= 0.6 is 0 Å². The number of rotatable bonds is 6. The van der Waals surface area contributed by atoms with Gasteiger partial charge in [-0.2, -0.15) is 0 Å². The van der Waals surface area contributed by atoms with Crippen LogP contribution in [0.5, 0.6) is 0 Å². The van der Waals surface area contributed by atoms with Gasteiger partial charge in [0, 0.05) is 17.4 Å². The highest BCUT2D eigenvalue weighted by molar-refractivity contribution is 5.83. The van der Waals surface area contributed by atoms with Crippen LogP contribution in [0.1, 0.15) is 36.8 Å². The minimum absolute atomic E-state index is 0.0381. The zero-order valence-electron chi connectivity index (χ0n) is 20.3. The van der Waals surface area contributed by atoms with Gasteiger partial charge in [0.1, 0.15) is 5.82 Å². The van der Waals surface area contributed by atoms with Crippen molar-refractivity contribution in [2.45, 2.75) is 32.9 Å². The quantitative estimate of drug-likeness (QED) is 0.277. The van der Waals surface area contributed by atoms with Gasteiger partial charge in [-0.15, -0.1) is 0 Å². The smallest absolute Gasteiger partial charge is 0.262 e. The van der Waals surface area contributed by atoms with Crippen molar-refractivity contribution >= 4 is 22.3 Å². The number of hydrogen-bond acceptors (Lipinski definition) is 3. The molecule has 174 valence electrons. The summed E-state index contributed by atoms with van der Waals surface area (Å²) < 4.78 is 1.83. The molecular weight excluding hydrogens is 430 g/mol. The molecule has 0 radical (unpaired) electrons. The van der Waals surface area contributed by atoms with E-state index < -0.39 is 0 Å². The van der Waals surface area contributed by atoms with Crippen molar-refractivity contribution in [1.82, 2.24) is 9.55 Å². The summed E-state index contributed by atoms with van der Waals surface area (Å²) in [5, 5.41) is 0.617. The lowest BCUT2D eigenvalue weighted by Crippen LogP contribution is -2.30. The van der Waals surface area contributed by atoms with Crippen LogP contribution in [0.3, 0.4) is 0 Å². The predicted octanol–water partition coefficient (Wildman–Crippen LogP) is 6.89. The van der Waals surface area contributed by atoms with Crippen molar-refractivity contribution in [3.8, 4) is 0 Å². The first kappa shape index (κ1) is 22.6. The molecule has 4 heteroatoms. The molecule has 0 saturated carbocycles. The minimum atomic E-state index is -0.263. The number of anilines is 2. The van der Waals surface area contributed by atoms with Gasteiger partial charge in [0.05, 0.1) is 16.9 Å². The van der Waals surface area contributed by atoms with Gasteiger partial charge in [0.2, 0.25) is 0 Å². The molecule has 0 aliphatic carbocycles. The van der Waals surface area contributed by atoms with Crippen molar-refractivity contribution in [3.05, 3.63) is 136 Å². The van der Waals surface area contributed by atoms with E-state index in [2.05, 4.69) is 61.2 Å². The van der Waals surface area contributed by atoms with E-state index in [1.807, 2.05) is 78.2 Å². The molecule has 0 atom stereocenters.